The van der Waals surface area contributed by atoms with Gasteiger partial charge in [0.25, 0.3) is 0 Å². The molecule has 1 spiro atoms. The van der Waals surface area contributed by atoms with Gasteiger partial charge in [-0.1, -0.05) is 0 Å². The fourth-order valence-electron chi connectivity index (χ4n) is 4.99. The SMILES string of the molecule is CC(=O)NCC1CN(c2ccc(N3CCC4(CCCN4CCF)C3)c(F)c2)C(=O)O1. The molecule has 3 aliphatic rings. The van der Waals surface area contributed by atoms with Crippen LogP contribution in [0.15, 0.2) is 18.2 Å². The van der Waals surface area contributed by atoms with Gasteiger partial charge in [0.1, 0.15) is 18.6 Å². The Morgan fingerprint density at radius 3 is 2.90 bits per heavy atom. The van der Waals surface area contributed by atoms with Crippen molar-refractivity contribution in [3.63, 3.8) is 0 Å². The predicted octanol–water partition coefficient (Wildman–Crippen LogP) is 2.30. The van der Waals surface area contributed by atoms with E-state index < -0.39 is 18.0 Å². The minimum Gasteiger partial charge on any atom is -0.442 e. The van der Waals surface area contributed by atoms with Gasteiger partial charge in [0.15, 0.2) is 0 Å². The average Bonchev–Trinajstić information content (AvgIpc) is 3.41. The monoisotopic (exact) mass is 422 g/mol. The molecule has 0 saturated carbocycles. The summed E-state index contributed by atoms with van der Waals surface area (Å²) in [5.74, 6) is -0.590. The molecule has 3 fully saturated rings. The number of carbonyl (C=O) groups is 2. The first-order valence-electron chi connectivity index (χ1n) is 10.5. The quantitative estimate of drug-likeness (QED) is 0.762. The zero-order valence-electron chi connectivity index (χ0n) is 17.2. The first-order valence-corrected chi connectivity index (χ1v) is 10.5. The molecule has 0 aromatic heterocycles. The standard InChI is InChI=1S/C21H28F2N4O3/c1-15(28)24-12-17-13-27(20(29)30-17)16-3-4-19(18(23)11-16)25-9-6-21(14-25)5-2-8-26(21)10-7-22/h3-4,11,17H,2,5-10,12-14H2,1H3,(H,24,28). The average molecular weight is 422 g/mol. The number of halogens is 2. The Kier molecular flexibility index (Phi) is 5.81. The number of cyclic esters (lactones) is 1. The number of hydrogen-bond acceptors (Lipinski definition) is 5. The van der Waals surface area contributed by atoms with E-state index >= 15 is 4.39 Å². The molecule has 30 heavy (non-hydrogen) atoms. The van der Waals surface area contributed by atoms with E-state index in [2.05, 4.69) is 10.2 Å². The lowest BCUT2D eigenvalue weighted by Gasteiger charge is -2.34. The zero-order valence-corrected chi connectivity index (χ0v) is 17.2. The fourth-order valence-corrected chi connectivity index (χ4v) is 4.99. The van der Waals surface area contributed by atoms with Crippen molar-refractivity contribution in [2.45, 2.75) is 37.8 Å². The highest BCUT2D eigenvalue weighted by Gasteiger charge is 2.46. The van der Waals surface area contributed by atoms with Crippen molar-refractivity contribution < 1.29 is 23.1 Å². The van der Waals surface area contributed by atoms with Crippen LogP contribution < -0.4 is 15.1 Å². The van der Waals surface area contributed by atoms with Gasteiger partial charge in [-0.15, -0.1) is 0 Å². The molecule has 164 valence electrons. The molecule has 7 nitrogen and oxygen atoms in total. The molecule has 1 aromatic rings. The predicted molar refractivity (Wildman–Crippen MR) is 109 cm³/mol. The van der Waals surface area contributed by atoms with Crippen molar-refractivity contribution in [2.75, 3.05) is 55.7 Å². The van der Waals surface area contributed by atoms with Gasteiger partial charge in [0.2, 0.25) is 5.91 Å². The fraction of sp³-hybridized carbons (Fsp3) is 0.619. The van der Waals surface area contributed by atoms with Crippen molar-refractivity contribution in [3.05, 3.63) is 24.0 Å². The third-order valence-corrected chi connectivity index (χ3v) is 6.46. The zero-order chi connectivity index (χ0) is 21.3. The molecule has 0 bridgehead atoms. The van der Waals surface area contributed by atoms with Crippen molar-refractivity contribution in [2.24, 2.45) is 0 Å². The summed E-state index contributed by atoms with van der Waals surface area (Å²) < 4.78 is 33.2. The van der Waals surface area contributed by atoms with E-state index in [1.165, 1.54) is 17.9 Å². The lowest BCUT2D eigenvalue weighted by atomic mass is 9.95. The van der Waals surface area contributed by atoms with Gasteiger partial charge in [0, 0.05) is 32.1 Å². The number of rotatable bonds is 6. The van der Waals surface area contributed by atoms with E-state index in [9.17, 15) is 14.0 Å². The lowest BCUT2D eigenvalue weighted by Crippen LogP contribution is -2.47. The van der Waals surface area contributed by atoms with Gasteiger partial charge in [-0.3, -0.25) is 14.6 Å². The van der Waals surface area contributed by atoms with Crippen LogP contribution in [0.4, 0.5) is 25.0 Å². The molecule has 4 rings (SSSR count). The van der Waals surface area contributed by atoms with E-state index in [1.807, 2.05) is 4.90 Å². The van der Waals surface area contributed by atoms with Crippen LogP contribution in [0.5, 0.6) is 0 Å². The third-order valence-electron chi connectivity index (χ3n) is 6.46. The Balaban J connectivity index is 1.44. The van der Waals surface area contributed by atoms with E-state index in [1.54, 1.807) is 12.1 Å². The van der Waals surface area contributed by atoms with Crippen LogP contribution in [0.2, 0.25) is 0 Å². The molecule has 1 aromatic carbocycles. The first kappa shape index (κ1) is 20.8. The maximum atomic E-state index is 15.0. The number of benzene rings is 1. The second-order valence-corrected chi connectivity index (χ2v) is 8.36. The molecule has 0 radical (unpaired) electrons. The highest BCUT2D eigenvalue weighted by molar-refractivity contribution is 5.90. The van der Waals surface area contributed by atoms with Gasteiger partial charge in [-0.25, -0.2) is 13.6 Å². The molecule has 1 N–H and O–H groups in total. The van der Waals surface area contributed by atoms with Crippen LogP contribution in [-0.2, 0) is 9.53 Å². The molecule has 2 amide bonds. The summed E-state index contributed by atoms with van der Waals surface area (Å²) in [6, 6.07) is 4.78. The van der Waals surface area contributed by atoms with Crippen LogP contribution in [0, 0.1) is 5.82 Å². The topological polar surface area (TPSA) is 65.1 Å². The second-order valence-electron chi connectivity index (χ2n) is 8.36. The van der Waals surface area contributed by atoms with E-state index in [-0.39, 0.29) is 31.2 Å². The number of anilines is 2. The number of nitrogens with zero attached hydrogens (tertiary/aromatic N) is 3. The molecular weight excluding hydrogens is 394 g/mol. The number of amides is 2. The number of carbonyl (C=O) groups excluding carboxylic acids is 2. The lowest BCUT2D eigenvalue weighted by molar-refractivity contribution is -0.119. The first-order chi connectivity index (χ1) is 14.4. The third kappa shape index (κ3) is 3.95. The number of hydrogen-bond donors (Lipinski definition) is 1. The number of alkyl halides is 1. The van der Waals surface area contributed by atoms with Crippen molar-refractivity contribution in [1.82, 2.24) is 10.2 Å². The van der Waals surface area contributed by atoms with Gasteiger partial charge < -0.3 is 15.0 Å². The maximum Gasteiger partial charge on any atom is 0.414 e. The van der Waals surface area contributed by atoms with Crippen molar-refractivity contribution >= 4 is 23.4 Å². The second kappa shape index (κ2) is 8.37. The molecule has 3 heterocycles. The van der Waals surface area contributed by atoms with Crippen LogP contribution >= 0.6 is 0 Å². The normalized spacial score (nSPS) is 26.6. The highest BCUT2D eigenvalue weighted by Crippen LogP contribution is 2.40. The van der Waals surface area contributed by atoms with E-state index in [0.717, 1.165) is 32.4 Å². The summed E-state index contributed by atoms with van der Waals surface area (Å²) >= 11 is 0. The number of ether oxygens (including phenoxy) is 1. The van der Waals surface area contributed by atoms with Crippen LogP contribution in [0.1, 0.15) is 26.2 Å². The van der Waals surface area contributed by atoms with E-state index in [4.69, 9.17) is 4.74 Å². The van der Waals surface area contributed by atoms with Crippen LogP contribution in [0.25, 0.3) is 0 Å². The molecule has 2 atom stereocenters. The summed E-state index contributed by atoms with van der Waals surface area (Å²) in [5.41, 5.74) is 0.873. The summed E-state index contributed by atoms with van der Waals surface area (Å²) in [7, 11) is 0. The Labute approximate surface area is 174 Å². The largest absolute Gasteiger partial charge is 0.442 e. The van der Waals surface area contributed by atoms with E-state index in [0.29, 0.717) is 24.5 Å². The van der Waals surface area contributed by atoms with Crippen molar-refractivity contribution in [3.8, 4) is 0 Å². The molecule has 0 aliphatic carbocycles. The summed E-state index contributed by atoms with van der Waals surface area (Å²) in [6.45, 7) is 4.26. The Morgan fingerprint density at radius 1 is 1.33 bits per heavy atom. The Hall–Kier alpha value is -2.42. The Morgan fingerprint density at radius 2 is 2.17 bits per heavy atom. The van der Waals surface area contributed by atoms with Crippen molar-refractivity contribution in [1.29, 1.82) is 0 Å². The highest BCUT2D eigenvalue weighted by atomic mass is 19.1. The van der Waals surface area contributed by atoms with Crippen LogP contribution in [0.3, 0.4) is 0 Å². The smallest absolute Gasteiger partial charge is 0.414 e. The summed E-state index contributed by atoms with van der Waals surface area (Å²) in [4.78, 5) is 28.8. The minimum atomic E-state index is -0.551. The maximum absolute atomic E-state index is 15.0. The summed E-state index contributed by atoms with van der Waals surface area (Å²) in [5, 5.41) is 2.62. The molecule has 2 unspecified atom stereocenters. The summed E-state index contributed by atoms with van der Waals surface area (Å²) in [6.07, 6.45) is 1.94. The minimum absolute atomic E-state index is 0.0626. The molecule has 3 saturated heterocycles. The number of nitrogens with one attached hydrogen (secondary N) is 1. The van der Waals surface area contributed by atoms with Gasteiger partial charge in [0.05, 0.1) is 24.5 Å². The van der Waals surface area contributed by atoms with Crippen LogP contribution in [-0.4, -0.2) is 74.5 Å². The van der Waals surface area contributed by atoms with Gasteiger partial charge in [-0.05, 0) is 44.0 Å². The van der Waals surface area contributed by atoms with Gasteiger partial charge >= 0.3 is 6.09 Å². The van der Waals surface area contributed by atoms with Gasteiger partial charge in [-0.2, -0.15) is 0 Å². The molecule has 3 aliphatic heterocycles. The molecular formula is C21H28F2N4O3. The Bertz CT molecular complexity index is 823. The molecule has 9 heteroatoms. The number of likely N-dealkylation sites (tertiary alicyclic amines) is 1.